The summed E-state index contributed by atoms with van der Waals surface area (Å²) < 4.78 is 17.9. The van der Waals surface area contributed by atoms with Gasteiger partial charge in [-0.25, -0.2) is 0 Å². The Morgan fingerprint density at radius 3 is 2.11 bits per heavy atom. The van der Waals surface area contributed by atoms with Crippen LogP contribution in [-0.4, -0.2) is 35.7 Å². The number of esters is 3. The molecule has 6 saturated carbocycles. The zero-order valence-corrected chi connectivity index (χ0v) is 21.1. The standard InChI is InChI=1S/C28H40O6.4CH4/c1-5-16(24(29)32-22-17-11-20-21(12-17)25(30)33-23(20)22)13-27(2,3)26(31)34-28(4)18-7-14-6-15(9-18)10-19(28)8-14;;;;/h14-23H,5-13H2,1-4H3;4*1H4. The van der Waals surface area contributed by atoms with Crippen molar-refractivity contribution in [2.75, 3.05) is 0 Å². The lowest BCUT2D eigenvalue weighted by molar-refractivity contribution is -0.212. The van der Waals surface area contributed by atoms with Gasteiger partial charge in [0.1, 0.15) is 17.8 Å². The molecule has 7 fully saturated rings. The molecule has 6 aliphatic carbocycles. The topological polar surface area (TPSA) is 78.9 Å². The fourth-order valence-corrected chi connectivity index (χ4v) is 9.01. The van der Waals surface area contributed by atoms with Crippen LogP contribution in [0.25, 0.3) is 0 Å². The van der Waals surface area contributed by atoms with Gasteiger partial charge in [-0.05, 0) is 102 Å². The Labute approximate surface area is 232 Å². The minimum absolute atomic E-state index is 0. The van der Waals surface area contributed by atoms with Gasteiger partial charge in [0.05, 0.1) is 17.3 Å². The second-order valence-electron chi connectivity index (χ2n) is 13.4. The average Bonchev–Trinajstić information content (AvgIpc) is 3.40. The monoisotopic (exact) mass is 536 g/mol. The maximum Gasteiger partial charge on any atom is 0.312 e. The van der Waals surface area contributed by atoms with E-state index in [0.29, 0.717) is 24.7 Å². The Bertz CT molecular complexity index is 864. The van der Waals surface area contributed by atoms with E-state index in [9.17, 15) is 14.4 Å². The minimum Gasteiger partial charge on any atom is -0.458 e. The molecular formula is C32H56O6. The Hall–Kier alpha value is -1.59. The highest BCUT2D eigenvalue weighted by Crippen LogP contribution is 2.60. The minimum atomic E-state index is -0.767. The van der Waals surface area contributed by atoms with E-state index in [-0.39, 0.29) is 89.1 Å². The first-order valence-corrected chi connectivity index (χ1v) is 13.7. The third kappa shape index (κ3) is 4.91. The van der Waals surface area contributed by atoms with Gasteiger partial charge in [0.15, 0.2) is 0 Å². The number of hydrogen-bond acceptors (Lipinski definition) is 6. The number of carbonyl (C=O) groups excluding carboxylic acids is 3. The molecule has 0 aromatic carbocycles. The van der Waals surface area contributed by atoms with Crippen LogP contribution in [0.5, 0.6) is 0 Å². The maximum atomic E-state index is 13.5. The van der Waals surface area contributed by atoms with Gasteiger partial charge in [-0.15, -0.1) is 0 Å². The molecule has 6 atom stereocenters. The molecular weight excluding hydrogens is 480 g/mol. The molecule has 1 aliphatic heterocycles. The second-order valence-corrected chi connectivity index (χ2v) is 13.4. The number of rotatable bonds is 7. The summed E-state index contributed by atoms with van der Waals surface area (Å²) in [4.78, 5) is 38.7. The van der Waals surface area contributed by atoms with Crippen LogP contribution >= 0.6 is 0 Å². The molecule has 38 heavy (non-hydrogen) atoms. The predicted molar refractivity (Wildman–Crippen MR) is 150 cm³/mol. The number of carbonyl (C=O) groups is 3. The van der Waals surface area contributed by atoms with E-state index in [0.717, 1.165) is 24.7 Å². The van der Waals surface area contributed by atoms with Crippen molar-refractivity contribution in [3.05, 3.63) is 0 Å². The molecule has 0 spiro atoms. The quantitative estimate of drug-likeness (QED) is 0.252. The van der Waals surface area contributed by atoms with Gasteiger partial charge in [-0.1, -0.05) is 36.6 Å². The lowest BCUT2D eigenvalue weighted by Gasteiger charge is -2.59. The molecule has 0 radical (unpaired) electrons. The Morgan fingerprint density at radius 1 is 0.974 bits per heavy atom. The van der Waals surface area contributed by atoms with Crippen molar-refractivity contribution in [2.24, 2.45) is 52.8 Å². The Morgan fingerprint density at radius 2 is 1.55 bits per heavy atom. The summed E-state index contributed by atoms with van der Waals surface area (Å²) in [7, 11) is 0. The number of fused-ring (bicyclic) bond motifs is 1. The number of hydrogen-bond donors (Lipinski definition) is 0. The lowest BCUT2D eigenvalue weighted by Crippen LogP contribution is -2.58. The van der Waals surface area contributed by atoms with E-state index in [1.54, 1.807) is 0 Å². The summed E-state index contributed by atoms with van der Waals surface area (Å²) >= 11 is 0. The van der Waals surface area contributed by atoms with Crippen molar-refractivity contribution >= 4 is 17.9 Å². The van der Waals surface area contributed by atoms with Crippen LogP contribution in [0.1, 0.15) is 115 Å². The first kappa shape index (κ1) is 32.6. The van der Waals surface area contributed by atoms with Gasteiger partial charge in [-0.3, -0.25) is 14.4 Å². The maximum absolute atomic E-state index is 13.5. The van der Waals surface area contributed by atoms with Crippen LogP contribution in [0.15, 0.2) is 0 Å². The highest BCUT2D eigenvalue weighted by Gasteiger charge is 2.63. The average molecular weight is 537 g/mol. The number of ether oxygens (including phenoxy) is 3. The van der Waals surface area contributed by atoms with Crippen molar-refractivity contribution in [3.63, 3.8) is 0 Å². The fraction of sp³-hybridized carbons (Fsp3) is 0.906. The van der Waals surface area contributed by atoms with Crippen molar-refractivity contribution in [3.8, 4) is 0 Å². The van der Waals surface area contributed by atoms with Gasteiger partial charge in [0.2, 0.25) is 0 Å². The van der Waals surface area contributed by atoms with Crippen molar-refractivity contribution in [2.45, 2.75) is 133 Å². The van der Waals surface area contributed by atoms with Crippen LogP contribution in [0.3, 0.4) is 0 Å². The molecule has 7 rings (SSSR count). The smallest absolute Gasteiger partial charge is 0.312 e. The van der Waals surface area contributed by atoms with Gasteiger partial charge < -0.3 is 14.2 Å². The highest BCUT2D eigenvalue weighted by molar-refractivity contribution is 5.79. The van der Waals surface area contributed by atoms with Crippen molar-refractivity contribution < 1.29 is 28.6 Å². The van der Waals surface area contributed by atoms with Crippen molar-refractivity contribution in [1.29, 1.82) is 0 Å². The van der Waals surface area contributed by atoms with Gasteiger partial charge >= 0.3 is 17.9 Å². The lowest BCUT2D eigenvalue weighted by atomic mass is 9.50. The van der Waals surface area contributed by atoms with E-state index in [1.807, 2.05) is 20.8 Å². The Kier molecular flexibility index (Phi) is 9.54. The molecule has 220 valence electrons. The van der Waals surface area contributed by atoms with E-state index in [1.165, 1.54) is 32.1 Å². The highest BCUT2D eigenvalue weighted by atomic mass is 16.6. The normalized spacial score (nSPS) is 41.6. The van der Waals surface area contributed by atoms with Crippen molar-refractivity contribution in [1.82, 2.24) is 0 Å². The predicted octanol–water partition coefficient (Wildman–Crippen LogP) is 7.22. The molecule has 0 aromatic heterocycles. The molecule has 0 aromatic rings. The van der Waals surface area contributed by atoms with Crippen LogP contribution in [0, 0.1) is 52.8 Å². The molecule has 6 heteroatoms. The molecule has 0 N–H and O–H groups in total. The molecule has 6 unspecified atom stereocenters. The van der Waals surface area contributed by atoms with E-state index in [2.05, 4.69) is 6.92 Å². The first-order valence-electron chi connectivity index (χ1n) is 13.7. The Balaban J connectivity index is 0.00000127. The molecule has 1 heterocycles. The fourth-order valence-electron chi connectivity index (χ4n) is 9.01. The first-order chi connectivity index (χ1) is 16.1. The second kappa shape index (κ2) is 11.1. The molecule has 7 aliphatic rings. The molecule has 6 bridgehead atoms. The zero-order valence-electron chi connectivity index (χ0n) is 21.1. The van der Waals surface area contributed by atoms with Crippen LogP contribution < -0.4 is 0 Å². The molecule has 1 saturated heterocycles. The molecule has 6 nitrogen and oxygen atoms in total. The largest absolute Gasteiger partial charge is 0.458 e. The van der Waals surface area contributed by atoms with Gasteiger partial charge in [0.25, 0.3) is 0 Å². The van der Waals surface area contributed by atoms with Crippen LogP contribution in [-0.2, 0) is 28.6 Å². The summed E-state index contributed by atoms with van der Waals surface area (Å²) in [6.07, 6.45) is 8.24. The van der Waals surface area contributed by atoms with Crippen LogP contribution in [0.2, 0.25) is 0 Å². The molecule has 0 amide bonds. The third-order valence-corrected chi connectivity index (χ3v) is 10.9. The third-order valence-electron chi connectivity index (χ3n) is 10.9. The van der Waals surface area contributed by atoms with E-state index in [4.69, 9.17) is 14.2 Å². The zero-order chi connectivity index (χ0) is 24.0. The summed E-state index contributed by atoms with van der Waals surface area (Å²) in [6.45, 7) is 7.96. The SMILES string of the molecule is C.C.C.C.CCC(CC(C)(C)C(=O)OC1(C)C2CC3CC(C2)CC1C3)C(=O)OC1C2CC3C(=O)OC1C3C2. The van der Waals surface area contributed by atoms with E-state index >= 15 is 0 Å². The van der Waals surface area contributed by atoms with E-state index < -0.39 is 5.41 Å². The van der Waals surface area contributed by atoms with Gasteiger partial charge in [0, 0.05) is 11.8 Å². The van der Waals surface area contributed by atoms with Crippen LogP contribution in [0.4, 0.5) is 0 Å². The van der Waals surface area contributed by atoms with Gasteiger partial charge in [-0.2, -0.15) is 0 Å². The summed E-state index contributed by atoms with van der Waals surface area (Å²) in [5, 5.41) is 0. The summed E-state index contributed by atoms with van der Waals surface area (Å²) in [5.74, 6) is 2.10. The summed E-state index contributed by atoms with van der Waals surface area (Å²) in [5.41, 5.74) is -1.13. The summed E-state index contributed by atoms with van der Waals surface area (Å²) in [6, 6.07) is 0.